The van der Waals surface area contributed by atoms with Crippen molar-refractivity contribution < 1.29 is 4.74 Å². The first-order chi connectivity index (χ1) is 12.3. The van der Waals surface area contributed by atoms with Gasteiger partial charge in [0, 0.05) is 45.8 Å². The Balaban J connectivity index is 0.00000243. The molecular formula is C19H30IN5O. The predicted octanol–water partition coefficient (Wildman–Crippen LogP) is 2.98. The summed E-state index contributed by atoms with van der Waals surface area (Å²) in [6.07, 6.45) is 4.07. The third kappa shape index (κ3) is 5.57. The van der Waals surface area contributed by atoms with E-state index in [1.165, 1.54) is 5.52 Å². The quantitative estimate of drug-likeness (QED) is 0.292. The number of guanidine groups is 1. The van der Waals surface area contributed by atoms with Crippen LogP contribution in [0.25, 0.3) is 11.0 Å². The highest BCUT2D eigenvalue weighted by atomic mass is 127. The Morgan fingerprint density at radius 3 is 3.04 bits per heavy atom. The number of rotatable bonds is 7. The number of ether oxygens (including phenoxy) is 1. The van der Waals surface area contributed by atoms with Gasteiger partial charge in [-0.2, -0.15) is 0 Å². The summed E-state index contributed by atoms with van der Waals surface area (Å²) >= 11 is 0. The van der Waals surface area contributed by atoms with Gasteiger partial charge in [0.05, 0.1) is 24.0 Å². The molecular weight excluding hydrogens is 441 g/mol. The van der Waals surface area contributed by atoms with E-state index in [-0.39, 0.29) is 24.0 Å². The van der Waals surface area contributed by atoms with E-state index < -0.39 is 0 Å². The molecule has 2 heterocycles. The zero-order valence-electron chi connectivity index (χ0n) is 15.7. The number of para-hydroxylation sites is 2. The Hall–Kier alpha value is -1.35. The molecule has 0 bridgehead atoms. The number of fused-ring (bicyclic) bond motifs is 1. The first-order valence-electron chi connectivity index (χ1n) is 9.25. The van der Waals surface area contributed by atoms with E-state index in [4.69, 9.17) is 9.73 Å². The Morgan fingerprint density at radius 2 is 2.27 bits per heavy atom. The van der Waals surface area contributed by atoms with Crippen LogP contribution >= 0.6 is 24.0 Å². The van der Waals surface area contributed by atoms with Crippen molar-refractivity contribution in [3.05, 3.63) is 30.6 Å². The fraction of sp³-hybridized carbons (Fsp3) is 0.579. The van der Waals surface area contributed by atoms with Crippen LogP contribution in [0.2, 0.25) is 0 Å². The average Bonchev–Trinajstić information content (AvgIpc) is 3.27. The van der Waals surface area contributed by atoms with E-state index in [9.17, 15) is 0 Å². The number of nitrogens with zero attached hydrogens (tertiary/aromatic N) is 4. The second-order valence-electron chi connectivity index (χ2n) is 6.63. The van der Waals surface area contributed by atoms with Gasteiger partial charge in [0.1, 0.15) is 0 Å². The number of benzene rings is 1. The van der Waals surface area contributed by atoms with Gasteiger partial charge in [-0.05, 0) is 31.9 Å². The van der Waals surface area contributed by atoms with Gasteiger partial charge < -0.3 is 19.5 Å². The van der Waals surface area contributed by atoms with Crippen molar-refractivity contribution in [3.8, 4) is 0 Å². The first kappa shape index (κ1) is 21.0. The number of hydrogen-bond acceptors (Lipinski definition) is 3. The minimum Gasteiger partial charge on any atom is -0.381 e. The number of halogens is 1. The van der Waals surface area contributed by atoms with E-state index in [1.807, 2.05) is 12.4 Å². The van der Waals surface area contributed by atoms with E-state index >= 15 is 0 Å². The van der Waals surface area contributed by atoms with E-state index in [0.717, 1.165) is 63.7 Å². The van der Waals surface area contributed by atoms with Gasteiger partial charge in [0.15, 0.2) is 5.96 Å². The molecule has 3 rings (SSSR count). The smallest absolute Gasteiger partial charge is 0.193 e. The van der Waals surface area contributed by atoms with Crippen LogP contribution in [0.1, 0.15) is 19.8 Å². The third-order valence-corrected chi connectivity index (χ3v) is 4.60. The molecule has 1 N–H and O–H groups in total. The lowest BCUT2D eigenvalue weighted by molar-refractivity contribution is 0.181. The fourth-order valence-corrected chi connectivity index (χ4v) is 3.29. The van der Waals surface area contributed by atoms with Gasteiger partial charge in [-0.25, -0.2) is 4.98 Å². The summed E-state index contributed by atoms with van der Waals surface area (Å²) in [5.74, 6) is 1.61. The molecule has 1 fully saturated rings. The number of hydrogen-bond donors (Lipinski definition) is 1. The van der Waals surface area contributed by atoms with Crippen LogP contribution in [0, 0.1) is 5.92 Å². The zero-order chi connectivity index (χ0) is 17.5. The van der Waals surface area contributed by atoms with Crippen LogP contribution < -0.4 is 5.32 Å². The number of aromatic nitrogens is 2. The lowest BCUT2D eigenvalue weighted by Gasteiger charge is -2.24. The van der Waals surface area contributed by atoms with Crippen LogP contribution in [-0.4, -0.2) is 60.3 Å². The van der Waals surface area contributed by atoms with Gasteiger partial charge >= 0.3 is 0 Å². The summed E-state index contributed by atoms with van der Waals surface area (Å²) < 4.78 is 7.68. The maximum Gasteiger partial charge on any atom is 0.193 e. The van der Waals surface area contributed by atoms with Gasteiger partial charge in [0.25, 0.3) is 0 Å². The molecule has 1 atom stereocenters. The molecule has 2 aromatic rings. The Morgan fingerprint density at radius 1 is 1.42 bits per heavy atom. The Kier molecular flexibility index (Phi) is 8.64. The highest BCUT2D eigenvalue weighted by Crippen LogP contribution is 2.14. The van der Waals surface area contributed by atoms with Gasteiger partial charge in [0.2, 0.25) is 0 Å². The van der Waals surface area contributed by atoms with E-state index in [2.05, 4.69) is 51.9 Å². The third-order valence-electron chi connectivity index (χ3n) is 4.60. The predicted molar refractivity (Wildman–Crippen MR) is 117 cm³/mol. The highest BCUT2D eigenvalue weighted by molar-refractivity contribution is 14.0. The lowest BCUT2D eigenvalue weighted by Crippen LogP contribution is -2.41. The molecule has 1 saturated heterocycles. The molecule has 0 radical (unpaired) electrons. The normalized spacial score (nSPS) is 17.3. The van der Waals surface area contributed by atoms with E-state index in [0.29, 0.717) is 5.92 Å². The van der Waals surface area contributed by atoms with Crippen molar-refractivity contribution >= 4 is 41.0 Å². The first-order valence-corrected chi connectivity index (χ1v) is 9.25. The number of aryl methyl sites for hydroxylation is 1. The maximum absolute atomic E-state index is 5.48. The standard InChI is InChI=1S/C19H29N5O.HI/c1-3-20-19(23(2)13-16-9-12-25-14-16)21-10-6-11-24-15-22-17-7-4-5-8-18(17)24;/h4-5,7-8,15-16H,3,6,9-14H2,1-2H3,(H,20,21);1H. The molecule has 0 amide bonds. The van der Waals surface area contributed by atoms with Crippen LogP contribution in [0.15, 0.2) is 35.6 Å². The second kappa shape index (κ2) is 10.7. The molecule has 1 aliphatic heterocycles. The van der Waals surface area contributed by atoms with Gasteiger partial charge in [-0.1, -0.05) is 12.1 Å². The van der Waals surface area contributed by atoms with Crippen molar-refractivity contribution in [3.63, 3.8) is 0 Å². The molecule has 1 unspecified atom stereocenters. The summed E-state index contributed by atoms with van der Waals surface area (Å²) in [4.78, 5) is 11.5. The summed E-state index contributed by atoms with van der Waals surface area (Å²) in [5, 5.41) is 3.40. The summed E-state index contributed by atoms with van der Waals surface area (Å²) in [6, 6.07) is 8.25. The Bertz CT molecular complexity index is 696. The molecule has 26 heavy (non-hydrogen) atoms. The molecule has 1 aromatic heterocycles. The molecule has 6 nitrogen and oxygen atoms in total. The van der Waals surface area contributed by atoms with Gasteiger partial charge in [-0.15, -0.1) is 24.0 Å². The molecule has 144 valence electrons. The molecule has 7 heteroatoms. The second-order valence-corrected chi connectivity index (χ2v) is 6.63. The van der Waals surface area contributed by atoms with Crippen molar-refractivity contribution in [1.82, 2.24) is 19.8 Å². The van der Waals surface area contributed by atoms with Crippen molar-refractivity contribution in [1.29, 1.82) is 0 Å². The highest BCUT2D eigenvalue weighted by Gasteiger charge is 2.18. The lowest BCUT2D eigenvalue weighted by atomic mass is 10.1. The van der Waals surface area contributed by atoms with Crippen molar-refractivity contribution in [2.75, 3.05) is 39.9 Å². The van der Waals surface area contributed by atoms with Crippen LogP contribution in [0.4, 0.5) is 0 Å². The molecule has 0 spiro atoms. The summed E-state index contributed by atoms with van der Waals surface area (Å²) in [5.41, 5.74) is 2.24. The maximum atomic E-state index is 5.48. The molecule has 0 aliphatic carbocycles. The van der Waals surface area contributed by atoms with Gasteiger partial charge in [-0.3, -0.25) is 4.99 Å². The molecule has 1 aromatic carbocycles. The fourth-order valence-electron chi connectivity index (χ4n) is 3.29. The summed E-state index contributed by atoms with van der Waals surface area (Å²) in [6.45, 7) is 7.50. The minimum absolute atomic E-state index is 0. The van der Waals surface area contributed by atoms with E-state index in [1.54, 1.807) is 0 Å². The summed E-state index contributed by atoms with van der Waals surface area (Å²) in [7, 11) is 2.11. The molecule has 1 aliphatic rings. The largest absolute Gasteiger partial charge is 0.381 e. The van der Waals surface area contributed by atoms with Crippen LogP contribution in [-0.2, 0) is 11.3 Å². The minimum atomic E-state index is 0. The number of nitrogens with one attached hydrogen (secondary N) is 1. The van der Waals surface area contributed by atoms with Crippen molar-refractivity contribution in [2.24, 2.45) is 10.9 Å². The topological polar surface area (TPSA) is 54.7 Å². The zero-order valence-corrected chi connectivity index (χ0v) is 18.1. The Labute approximate surface area is 173 Å². The monoisotopic (exact) mass is 471 g/mol. The van der Waals surface area contributed by atoms with Crippen LogP contribution in [0.3, 0.4) is 0 Å². The number of imidazole rings is 1. The number of aliphatic imine (C=N–C) groups is 1. The SMILES string of the molecule is CCNC(=NCCCn1cnc2ccccc21)N(C)CC1CCOC1.I. The average molecular weight is 471 g/mol. The molecule has 0 saturated carbocycles. The van der Waals surface area contributed by atoms with Crippen molar-refractivity contribution in [2.45, 2.75) is 26.3 Å². The van der Waals surface area contributed by atoms with Crippen LogP contribution in [0.5, 0.6) is 0 Å².